The van der Waals surface area contributed by atoms with Gasteiger partial charge in [-0.15, -0.1) is 0 Å². The van der Waals surface area contributed by atoms with Gasteiger partial charge in [0.05, 0.1) is 12.6 Å². The number of nitrogens with two attached hydrogens (primary N) is 3. The van der Waals surface area contributed by atoms with E-state index in [1.54, 1.807) is 0 Å². The molecule has 0 aliphatic carbocycles. The molecule has 0 heterocycles. The molecule has 0 radical (unpaired) electrons. The average Bonchev–Trinajstić information content (AvgIpc) is 2.75. The molecule has 0 aromatic rings. The maximum Gasteiger partial charge on any atom is 0.328 e. The summed E-state index contributed by atoms with van der Waals surface area (Å²) < 4.78 is 0. The maximum atomic E-state index is 13.0. The highest BCUT2D eigenvalue weighted by Crippen LogP contribution is 2.07. The number of carboxylic acids is 1. The molecule has 0 saturated carbocycles. The fourth-order valence-corrected chi connectivity index (χ4v) is 3.37. The van der Waals surface area contributed by atoms with Crippen LogP contribution in [0.5, 0.6) is 0 Å². The van der Waals surface area contributed by atoms with Crippen LogP contribution < -0.4 is 33.2 Å². The summed E-state index contributed by atoms with van der Waals surface area (Å²) in [4.78, 5) is 53.1. The SMILES string of the molecule is CSCCC(NC(=O)C(N)CC(C)C)C(=O)NC(CCCN=C(N)N)C(=O)NC(CO)C(=O)O. The smallest absolute Gasteiger partial charge is 0.328 e. The van der Waals surface area contributed by atoms with Crippen molar-refractivity contribution in [2.24, 2.45) is 28.1 Å². The number of thioether (sulfide) groups is 1. The van der Waals surface area contributed by atoms with E-state index >= 15 is 0 Å². The second kappa shape index (κ2) is 16.9. The lowest BCUT2D eigenvalue weighted by Gasteiger charge is -2.25. The maximum absolute atomic E-state index is 13.0. The molecule has 3 amide bonds. The molecular weight excluding hydrogens is 466 g/mol. The molecule has 0 rings (SSSR count). The van der Waals surface area contributed by atoms with E-state index in [-0.39, 0.29) is 24.8 Å². The third-order valence-corrected chi connectivity index (χ3v) is 5.33. The van der Waals surface area contributed by atoms with Crippen molar-refractivity contribution in [3.8, 4) is 0 Å². The molecule has 4 atom stereocenters. The van der Waals surface area contributed by atoms with Gasteiger partial charge >= 0.3 is 5.97 Å². The molecule has 11 N–H and O–H groups in total. The first-order valence-corrected chi connectivity index (χ1v) is 12.4. The molecule has 0 saturated heterocycles. The number of nitrogens with one attached hydrogen (secondary N) is 3. The summed E-state index contributed by atoms with van der Waals surface area (Å²) in [5.41, 5.74) is 16.5. The highest BCUT2D eigenvalue weighted by atomic mass is 32.2. The zero-order valence-electron chi connectivity index (χ0n) is 20.0. The Morgan fingerprint density at radius 1 is 0.941 bits per heavy atom. The number of aliphatic hydroxyl groups excluding tert-OH is 1. The standard InChI is InChI=1S/C20H39N7O6S/c1-11(2)9-12(21)16(29)25-14(6-8-34-3)18(31)26-13(5-4-7-24-20(22)23)17(30)27-15(10-28)19(32)33/h11-15,28H,4-10,21H2,1-3H3,(H,25,29)(H,26,31)(H,27,30)(H,32,33)(H4,22,23,24). The van der Waals surface area contributed by atoms with Crippen molar-refractivity contribution in [3.63, 3.8) is 0 Å². The number of guanidine groups is 1. The molecule has 0 spiro atoms. The minimum Gasteiger partial charge on any atom is -0.480 e. The molecule has 34 heavy (non-hydrogen) atoms. The molecule has 0 aromatic carbocycles. The second-order valence-electron chi connectivity index (χ2n) is 8.17. The second-order valence-corrected chi connectivity index (χ2v) is 9.16. The van der Waals surface area contributed by atoms with Crippen LogP contribution in [-0.4, -0.2) is 89.2 Å². The molecule has 13 nitrogen and oxygen atoms in total. The Labute approximate surface area is 204 Å². The Kier molecular flexibility index (Phi) is 15.7. The van der Waals surface area contributed by atoms with Crippen LogP contribution in [0, 0.1) is 5.92 Å². The lowest BCUT2D eigenvalue weighted by atomic mass is 10.0. The highest BCUT2D eigenvalue weighted by molar-refractivity contribution is 7.98. The predicted octanol–water partition coefficient (Wildman–Crippen LogP) is -2.30. The lowest BCUT2D eigenvalue weighted by molar-refractivity contribution is -0.143. The van der Waals surface area contributed by atoms with Crippen LogP contribution >= 0.6 is 11.8 Å². The lowest BCUT2D eigenvalue weighted by Crippen LogP contribution is -2.57. The minimum atomic E-state index is -1.54. The van der Waals surface area contributed by atoms with Gasteiger partial charge in [0.25, 0.3) is 0 Å². The van der Waals surface area contributed by atoms with Gasteiger partial charge < -0.3 is 43.4 Å². The first-order chi connectivity index (χ1) is 15.9. The minimum absolute atomic E-state index is 0.0855. The fraction of sp³-hybridized carbons (Fsp3) is 0.750. The Morgan fingerprint density at radius 3 is 1.94 bits per heavy atom. The van der Waals surface area contributed by atoms with E-state index in [1.807, 2.05) is 20.1 Å². The van der Waals surface area contributed by atoms with Crippen molar-refractivity contribution >= 4 is 41.4 Å². The van der Waals surface area contributed by atoms with Gasteiger partial charge in [-0.2, -0.15) is 11.8 Å². The number of amides is 3. The Hall–Kier alpha value is -2.58. The van der Waals surface area contributed by atoms with Gasteiger partial charge in [-0.1, -0.05) is 13.8 Å². The van der Waals surface area contributed by atoms with E-state index in [0.29, 0.717) is 25.0 Å². The fourth-order valence-electron chi connectivity index (χ4n) is 2.90. The third-order valence-electron chi connectivity index (χ3n) is 4.68. The number of carbonyl (C=O) groups excluding carboxylic acids is 3. The van der Waals surface area contributed by atoms with Crippen molar-refractivity contribution in [2.45, 2.75) is 63.7 Å². The molecule has 0 aromatic heterocycles. The zero-order valence-corrected chi connectivity index (χ0v) is 20.8. The van der Waals surface area contributed by atoms with E-state index in [1.165, 1.54) is 11.8 Å². The number of aliphatic carboxylic acids is 1. The van der Waals surface area contributed by atoms with Gasteiger partial charge in [0, 0.05) is 6.54 Å². The van der Waals surface area contributed by atoms with Crippen LogP contribution in [-0.2, 0) is 19.2 Å². The number of hydrogen-bond acceptors (Lipinski definition) is 8. The number of carboxylic acid groups (broad SMARTS) is 1. The summed E-state index contributed by atoms with van der Waals surface area (Å²) in [6.45, 7) is 3.21. The number of hydrogen-bond donors (Lipinski definition) is 8. The molecule has 0 aliphatic rings. The number of carbonyl (C=O) groups is 4. The molecule has 0 aliphatic heterocycles. The Bertz CT molecular complexity index is 703. The van der Waals surface area contributed by atoms with Gasteiger partial charge in [-0.3, -0.25) is 19.4 Å². The third kappa shape index (κ3) is 13.2. The van der Waals surface area contributed by atoms with E-state index < -0.39 is 54.5 Å². The summed E-state index contributed by atoms with van der Waals surface area (Å²) >= 11 is 1.48. The quantitative estimate of drug-likeness (QED) is 0.0597. The Morgan fingerprint density at radius 2 is 1.47 bits per heavy atom. The van der Waals surface area contributed by atoms with Crippen LogP contribution in [0.2, 0.25) is 0 Å². The molecule has 4 unspecified atom stereocenters. The van der Waals surface area contributed by atoms with Crippen molar-refractivity contribution in [2.75, 3.05) is 25.2 Å². The largest absolute Gasteiger partial charge is 0.480 e. The molecule has 14 heteroatoms. The van der Waals surface area contributed by atoms with Crippen molar-refractivity contribution < 1.29 is 29.4 Å². The van der Waals surface area contributed by atoms with Gasteiger partial charge in [0.15, 0.2) is 5.96 Å². The highest BCUT2D eigenvalue weighted by Gasteiger charge is 2.30. The summed E-state index contributed by atoms with van der Waals surface area (Å²) in [5, 5.41) is 25.7. The van der Waals surface area contributed by atoms with Crippen molar-refractivity contribution in [3.05, 3.63) is 0 Å². The summed E-state index contributed by atoms with van der Waals surface area (Å²) in [6, 6.07) is -4.41. The summed E-state index contributed by atoms with van der Waals surface area (Å²) in [6.07, 6.45) is 2.97. The topological polar surface area (TPSA) is 235 Å². The summed E-state index contributed by atoms with van der Waals surface area (Å²) in [5.74, 6) is -2.70. The Balaban J connectivity index is 5.47. The number of rotatable bonds is 17. The van der Waals surface area contributed by atoms with Crippen LogP contribution in [0.25, 0.3) is 0 Å². The van der Waals surface area contributed by atoms with Crippen LogP contribution in [0.15, 0.2) is 4.99 Å². The van der Waals surface area contributed by atoms with Crippen molar-refractivity contribution in [1.29, 1.82) is 0 Å². The van der Waals surface area contributed by atoms with E-state index in [2.05, 4.69) is 20.9 Å². The van der Waals surface area contributed by atoms with Crippen LogP contribution in [0.3, 0.4) is 0 Å². The number of aliphatic hydroxyl groups is 1. The molecule has 0 fully saturated rings. The summed E-state index contributed by atoms with van der Waals surface area (Å²) in [7, 11) is 0. The number of nitrogens with zero attached hydrogens (tertiary/aromatic N) is 1. The van der Waals surface area contributed by atoms with E-state index in [0.717, 1.165) is 0 Å². The van der Waals surface area contributed by atoms with Crippen molar-refractivity contribution in [1.82, 2.24) is 16.0 Å². The van der Waals surface area contributed by atoms with Gasteiger partial charge in [0.1, 0.15) is 18.1 Å². The molecule has 196 valence electrons. The number of aliphatic imine (C=N–C) groups is 1. The normalized spacial score (nSPS) is 14.4. The average molecular weight is 506 g/mol. The predicted molar refractivity (Wildman–Crippen MR) is 131 cm³/mol. The first kappa shape index (κ1) is 31.4. The van der Waals surface area contributed by atoms with Gasteiger partial charge in [-0.25, -0.2) is 4.79 Å². The van der Waals surface area contributed by atoms with E-state index in [4.69, 9.17) is 22.3 Å². The van der Waals surface area contributed by atoms with E-state index in [9.17, 15) is 24.3 Å². The monoisotopic (exact) mass is 505 g/mol. The van der Waals surface area contributed by atoms with Gasteiger partial charge in [-0.05, 0) is 43.6 Å². The zero-order chi connectivity index (χ0) is 26.3. The van der Waals surface area contributed by atoms with Crippen LogP contribution in [0.1, 0.15) is 39.5 Å². The first-order valence-electron chi connectivity index (χ1n) is 11.0. The van der Waals surface area contributed by atoms with Gasteiger partial charge in [0.2, 0.25) is 17.7 Å². The van der Waals surface area contributed by atoms with Crippen LogP contribution in [0.4, 0.5) is 0 Å². The molecule has 0 bridgehead atoms. The molecular formula is C20H39N7O6S.